The van der Waals surface area contributed by atoms with Gasteiger partial charge in [-0.05, 0) is 0 Å². The fourth-order valence-electron chi connectivity index (χ4n) is 1.64. The van der Waals surface area contributed by atoms with Crippen LogP contribution in [0.5, 0.6) is 0 Å². The van der Waals surface area contributed by atoms with Crippen LogP contribution in [-0.4, -0.2) is 23.6 Å². The summed E-state index contributed by atoms with van der Waals surface area (Å²) in [5.41, 5.74) is 1.12. The van der Waals surface area contributed by atoms with Crippen molar-refractivity contribution in [2.75, 3.05) is 6.61 Å². The molecule has 1 aromatic heterocycles. The van der Waals surface area contributed by atoms with Gasteiger partial charge in [0.15, 0.2) is 5.78 Å². The lowest BCUT2D eigenvalue weighted by molar-refractivity contribution is -0.176. The lowest BCUT2D eigenvalue weighted by atomic mass is 10.1. The maximum Gasteiger partial charge on any atom is 0.411 e. The zero-order valence-electron chi connectivity index (χ0n) is 10.9. The number of Topliss-reactive ketones (excluding diaryl/α,β-unsaturated/α-hetero) is 1. The van der Waals surface area contributed by atoms with Crippen LogP contribution < -0.4 is 0 Å². The Bertz CT molecular complexity index is 596. The molecule has 0 atom stereocenters. The largest absolute Gasteiger partial charge is 0.411 e. The standard InChI is InChI=1S/C14H12F3NO2S/c15-14(16,17)9-20-7-13-18-11(8-21-13)6-12(19)10-4-2-1-3-5-10/h1-5,8H,6-7,9H2. The first-order valence-corrected chi connectivity index (χ1v) is 6.98. The van der Waals surface area contributed by atoms with Crippen LogP contribution in [-0.2, 0) is 17.8 Å². The Labute approximate surface area is 123 Å². The molecule has 112 valence electrons. The zero-order chi connectivity index (χ0) is 15.3. The second kappa shape index (κ2) is 6.82. The Morgan fingerprint density at radius 1 is 1.24 bits per heavy atom. The number of hydrogen-bond acceptors (Lipinski definition) is 4. The van der Waals surface area contributed by atoms with Crippen LogP contribution in [0.2, 0.25) is 0 Å². The van der Waals surface area contributed by atoms with Crippen LogP contribution in [0.1, 0.15) is 21.1 Å². The minimum atomic E-state index is -4.34. The average molecular weight is 315 g/mol. The second-order valence-electron chi connectivity index (χ2n) is 4.31. The number of nitrogens with zero attached hydrogens (tertiary/aromatic N) is 1. The van der Waals surface area contributed by atoms with Crippen molar-refractivity contribution in [3.05, 3.63) is 52.0 Å². The number of thiazole rings is 1. The highest BCUT2D eigenvalue weighted by Crippen LogP contribution is 2.17. The molecule has 0 saturated heterocycles. The summed E-state index contributed by atoms with van der Waals surface area (Å²) in [5, 5.41) is 2.09. The number of ether oxygens (including phenoxy) is 1. The van der Waals surface area contributed by atoms with E-state index in [-0.39, 0.29) is 18.8 Å². The molecule has 0 unspecified atom stereocenters. The number of carbonyl (C=O) groups excluding carboxylic acids is 1. The van der Waals surface area contributed by atoms with Crippen molar-refractivity contribution in [1.29, 1.82) is 0 Å². The zero-order valence-corrected chi connectivity index (χ0v) is 11.7. The molecule has 0 aliphatic carbocycles. The van der Waals surface area contributed by atoms with Gasteiger partial charge in [-0.15, -0.1) is 11.3 Å². The van der Waals surface area contributed by atoms with Crippen LogP contribution in [0, 0.1) is 0 Å². The molecule has 1 heterocycles. The summed E-state index contributed by atoms with van der Waals surface area (Å²) >= 11 is 1.18. The first-order chi connectivity index (χ1) is 9.94. The Hall–Kier alpha value is -1.73. The quantitative estimate of drug-likeness (QED) is 0.764. The van der Waals surface area contributed by atoms with E-state index in [9.17, 15) is 18.0 Å². The van der Waals surface area contributed by atoms with Gasteiger partial charge in [0, 0.05) is 10.9 Å². The van der Waals surface area contributed by atoms with Crippen LogP contribution >= 0.6 is 11.3 Å². The highest BCUT2D eigenvalue weighted by Gasteiger charge is 2.27. The van der Waals surface area contributed by atoms with E-state index in [2.05, 4.69) is 9.72 Å². The lowest BCUT2D eigenvalue weighted by Gasteiger charge is -2.05. The molecule has 0 radical (unpaired) electrons. The number of rotatable bonds is 6. The molecule has 0 saturated carbocycles. The van der Waals surface area contributed by atoms with Crippen molar-refractivity contribution < 1.29 is 22.7 Å². The van der Waals surface area contributed by atoms with Crippen LogP contribution in [0.4, 0.5) is 13.2 Å². The predicted molar refractivity (Wildman–Crippen MR) is 72.3 cm³/mol. The molecule has 0 aliphatic heterocycles. The SMILES string of the molecule is O=C(Cc1csc(COCC(F)(F)F)n1)c1ccccc1. The van der Waals surface area contributed by atoms with Gasteiger partial charge in [-0.25, -0.2) is 4.98 Å². The molecular formula is C14H12F3NO2S. The number of aromatic nitrogens is 1. The molecule has 0 amide bonds. The van der Waals surface area contributed by atoms with Gasteiger partial charge in [0.2, 0.25) is 0 Å². The maximum atomic E-state index is 12.0. The minimum absolute atomic E-state index is 0.0799. The van der Waals surface area contributed by atoms with Crippen molar-refractivity contribution in [3.63, 3.8) is 0 Å². The Morgan fingerprint density at radius 3 is 2.62 bits per heavy atom. The molecule has 0 aliphatic rings. The van der Waals surface area contributed by atoms with Crippen molar-refractivity contribution in [3.8, 4) is 0 Å². The fraction of sp³-hybridized carbons (Fsp3) is 0.286. The molecule has 0 N–H and O–H groups in total. The molecular weight excluding hydrogens is 303 g/mol. The number of halogens is 3. The average Bonchev–Trinajstić information content (AvgIpc) is 2.86. The van der Waals surface area contributed by atoms with E-state index in [0.29, 0.717) is 16.3 Å². The van der Waals surface area contributed by atoms with Crippen LogP contribution in [0.25, 0.3) is 0 Å². The summed E-state index contributed by atoms with van der Waals surface area (Å²) in [6.45, 7) is -1.51. The van der Waals surface area contributed by atoms with Gasteiger partial charge in [-0.2, -0.15) is 13.2 Å². The Balaban J connectivity index is 1.87. The molecule has 1 aromatic carbocycles. The number of benzene rings is 1. The van der Waals surface area contributed by atoms with E-state index in [1.807, 2.05) is 6.07 Å². The van der Waals surface area contributed by atoms with Crippen molar-refractivity contribution in [2.45, 2.75) is 19.2 Å². The Morgan fingerprint density at radius 2 is 1.95 bits per heavy atom. The topological polar surface area (TPSA) is 39.2 Å². The van der Waals surface area contributed by atoms with E-state index in [0.717, 1.165) is 0 Å². The summed E-state index contributed by atoms with van der Waals surface area (Å²) in [4.78, 5) is 16.1. The van der Waals surface area contributed by atoms with E-state index in [1.165, 1.54) is 11.3 Å². The lowest BCUT2D eigenvalue weighted by Crippen LogP contribution is -2.16. The number of alkyl halides is 3. The predicted octanol–water partition coefficient (Wildman–Crippen LogP) is 3.65. The molecule has 21 heavy (non-hydrogen) atoms. The highest BCUT2D eigenvalue weighted by atomic mass is 32.1. The summed E-state index contributed by atoms with van der Waals surface area (Å²) in [6, 6.07) is 8.77. The third-order valence-corrected chi connectivity index (χ3v) is 3.40. The summed E-state index contributed by atoms with van der Waals surface area (Å²) in [7, 11) is 0. The number of ketones is 1. The molecule has 2 rings (SSSR count). The fourth-order valence-corrected chi connectivity index (χ4v) is 2.37. The molecule has 0 fully saturated rings. The maximum absolute atomic E-state index is 12.0. The van der Waals surface area contributed by atoms with E-state index < -0.39 is 12.8 Å². The van der Waals surface area contributed by atoms with Gasteiger partial charge in [-0.1, -0.05) is 30.3 Å². The third-order valence-electron chi connectivity index (χ3n) is 2.53. The van der Waals surface area contributed by atoms with E-state index >= 15 is 0 Å². The third kappa shape index (κ3) is 5.28. The van der Waals surface area contributed by atoms with Gasteiger partial charge in [0.1, 0.15) is 11.6 Å². The van der Waals surface area contributed by atoms with Gasteiger partial charge in [0.25, 0.3) is 0 Å². The molecule has 3 nitrogen and oxygen atoms in total. The number of hydrogen-bond donors (Lipinski definition) is 0. The summed E-state index contributed by atoms with van der Waals surface area (Å²) in [6.07, 6.45) is -4.22. The van der Waals surface area contributed by atoms with Gasteiger partial charge < -0.3 is 4.74 Å². The van der Waals surface area contributed by atoms with Crippen molar-refractivity contribution >= 4 is 17.1 Å². The van der Waals surface area contributed by atoms with Crippen LogP contribution in [0.3, 0.4) is 0 Å². The normalized spacial score (nSPS) is 11.6. The van der Waals surface area contributed by atoms with E-state index in [1.54, 1.807) is 29.6 Å². The van der Waals surface area contributed by atoms with Gasteiger partial charge in [-0.3, -0.25) is 4.79 Å². The first-order valence-electron chi connectivity index (χ1n) is 6.10. The summed E-state index contributed by atoms with van der Waals surface area (Å²) in [5.74, 6) is -0.0799. The second-order valence-corrected chi connectivity index (χ2v) is 5.25. The summed E-state index contributed by atoms with van der Waals surface area (Å²) < 4.78 is 40.3. The smallest absolute Gasteiger partial charge is 0.365 e. The van der Waals surface area contributed by atoms with Gasteiger partial charge in [0.05, 0.1) is 18.7 Å². The molecule has 0 bridgehead atoms. The van der Waals surface area contributed by atoms with Crippen molar-refractivity contribution in [1.82, 2.24) is 4.98 Å². The first kappa shape index (κ1) is 15.7. The molecule has 7 heteroatoms. The van der Waals surface area contributed by atoms with Gasteiger partial charge >= 0.3 is 6.18 Å². The van der Waals surface area contributed by atoms with E-state index in [4.69, 9.17) is 0 Å². The van der Waals surface area contributed by atoms with Crippen molar-refractivity contribution in [2.24, 2.45) is 0 Å². The van der Waals surface area contributed by atoms with Crippen LogP contribution in [0.15, 0.2) is 35.7 Å². The molecule has 2 aromatic rings. The minimum Gasteiger partial charge on any atom is -0.365 e. The highest BCUT2D eigenvalue weighted by molar-refractivity contribution is 7.09. The monoisotopic (exact) mass is 315 g/mol. The number of carbonyl (C=O) groups is 1. The molecule has 0 spiro atoms. The Kier molecular flexibility index (Phi) is 5.08.